The molecule has 0 aliphatic heterocycles. The first-order valence-corrected chi connectivity index (χ1v) is 7.36. The number of aromatic nitrogens is 6. The van der Waals surface area contributed by atoms with Crippen LogP contribution in [0.5, 0.6) is 5.88 Å². The lowest BCUT2D eigenvalue weighted by molar-refractivity contribution is 0.0944. The summed E-state index contributed by atoms with van der Waals surface area (Å²) in [5.41, 5.74) is 1.35. The number of rotatable bonds is 5. The molecule has 0 saturated heterocycles. The molecule has 0 spiro atoms. The van der Waals surface area contributed by atoms with Gasteiger partial charge in [0.1, 0.15) is 5.69 Å². The van der Waals surface area contributed by atoms with Gasteiger partial charge in [-0.2, -0.15) is 5.10 Å². The fourth-order valence-electron chi connectivity index (χ4n) is 2.36. The highest BCUT2D eigenvalue weighted by atomic mass is 16.5. The number of hydrogen-bond acceptors (Lipinski definition) is 7. The molecule has 0 aromatic carbocycles. The normalized spacial score (nSPS) is 10.9. The molecule has 4 heterocycles. The summed E-state index contributed by atoms with van der Waals surface area (Å²) in [7, 11) is 1.51. The van der Waals surface area contributed by atoms with Crippen molar-refractivity contribution in [2.75, 3.05) is 7.11 Å². The lowest BCUT2D eigenvalue weighted by Gasteiger charge is -2.03. The van der Waals surface area contributed by atoms with E-state index in [1.807, 2.05) is 0 Å². The molecule has 0 saturated carbocycles. The van der Waals surface area contributed by atoms with Gasteiger partial charge in [0.25, 0.3) is 11.8 Å². The molecule has 10 nitrogen and oxygen atoms in total. The minimum absolute atomic E-state index is 0.177. The number of furan rings is 1. The first kappa shape index (κ1) is 14.9. The van der Waals surface area contributed by atoms with Crippen LogP contribution in [-0.4, -0.2) is 42.8 Å². The van der Waals surface area contributed by atoms with E-state index in [0.717, 1.165) is 0 Å². The van der Waals surface area contributed by atoms with Crippen molar-refractivity contribution in [2.45, 2.75) is 6.54 Å². The number of ether oxygens (including phenoxy) is 1. The molecule has 0 atom stereocenters. The van der Waals surface area contributed by atoms with Crippen molar-refractivity contribution in [1.82, 2.24) is 35.1 Å². The maximum absolute atomic E-state index is 12.3. The summed E-state index contributed by atoms with van der Waals surface area (Å²) in [5, 5.41) is 17.6. The van der Waals surface area contributed by atoms with Crippen molar-refractivity contribution < 1.29 is 13.9 Å². The van der Waals surface area contributed by atoms with Crippen LogP contribution in [0.2, 0.25) is 0 Å². The lowest BCUT2D eigenvalue weighted by atomic mass is 10.3. The van der Waals surface area contributed by atoms with Crippen molar-refractivity contribution in [3.8, 4) is 17.3 Å². The second kappa shape index (κ2) is 6.07. The van der Waals surface area contributed by atoms with Crippen molar-refractivity contribution in [1.29, 1.82) is 0 Å². The van der Waals surface area contributed by atoms with Crippen LogP contribution in [0.25, 0.3) is 17.1 Å². The molecule has 0 unspecified atom stereocenters. The van der Waals surface area contributed by atoms with Crippen molar-refractivity contribution in [2.24, 2.45) is 0 Å². The smallest absolute Gasteiger partial charge is 0.272 e. The number of fused-ring (bicyclic) bond motifs is 1. The van der Waals surface area contributed by atoms with E-state index in [1.165, 1.54) is 7.11 Å². The predicted molar refractivity (Wildman–Crippen MR) is 84.8 cm³/mol. The lowest BCUT2D eigenvalue weighted by Crippen LogP contribution is -2.24. The molecular formula is C15H13N7O3. The van der Waals surface area contributed by atoms with Crippen LogP contribution in [0.1, 0.15) is 16.3 Å². The van der Waals surface area contributed by atoms with E-state index in [1.54, 1.807) is 41.3 Å². The van der Waals surface area contributed by atoms with Crippen LogP contribution < -0.4 is 10.1 Å². The number of H-pyrrole nitrogens is 1. The highest BCUT2D eigenvalue weighted by Crippen LogP contribution is 2.18. The maximum Gasteiger partial charge on any atom is 0.272 e. The summed E-state index contributed by atoms with van der Waals surface area (Å²) in [6.45, 7) is 0.177. The van der Waals surface area contributed by atoms with E-state index in [-0.39, 0.29) is 18.1 Å². The maximum atomic E-state index is 12.3. The molecule has 0 radical (unpaired) electrons. The Morgan fingerprint density at radius 1 is 1.44 bits per heavy atom. The van der Waals surface area contributed by atoms with Crippen molar-refractivity contribution in [3.05, 3.63) is 48.4 Å². The van der Waals surface area contributed by atoms with Gasteiger partial charge in [-0.15, -0.1) is 10.2 Å². The Kier molecular flexibility index (Phi) is 3.61. The summed E-state index contributed by atoms with van der Waals surface area (Å²) >= 11 is 0. The van der Waals surface area contributed by atoms with E-state index in [0.29, 0.717) is 28.8 Å². The van der Waals surface area contributed by atoms with Gasteiger partial charge in [-0.05, 0) is 12.1 Å². The predicted octanol–water partition coefficient (Wildman–Crippen LogP) is 1.05. The second-order valence-corrected chi connectivity index (χ2v) is 5.07. The summed E-state index contributed by atoms with van der Waals surface area (Å²) in [4.78, 5) is 16.3. The van der Waals surface area contributed by atoms with Crippen LogP contribution >= 0.6 is 0 Å². The number of methoxy groups -OCH3 is 1. The first-order valence-electron chi connectivity index (χ1n) is 7.36. The van der Waals surface area contributed by atoms with Crippen LogP contribution in [0.4, 0.5) is 0 Å². The molecule has 4 aromatic rings. The van der Waals surface area contributed by atoms with Gasteiger partial charge in [-0.3, -0.25) is 14.3 Å². The number of amides is 1. The number of nitrogens with zero attached hydrogens (tertiary/aromatic N) is 5. The molecule has 25 heavy (non-hydrogen) atoms. The summed E-state index contributed by atoms with van der Waals surface area (Å²) in [5.74, 6) is 1.18. The first-order chi connectivity index (χ1) is 12.3. The standard InChI is InChI=1S/C15H13N7O3/c1-24-15-13-21-20-12(22(13)5-4-16-15)8-17-14(23)10-7-9(18-19-10)11-3-2-6-25-11/h2-7H,8H2,1H3,(H,17,23)(H,18,19). The zero-order valence-corrected chi connectivity index (χ0v) is 13.1. The number of hydrogen-bond donors (Lipinski definition) is 2. The molecule has 4 aromatic heterocycles. The van der Waals surface area contributed by atoms with Crippen LogP contribution in [0, 0.1) is 0 Å². The Balaban J connectivity index is 1.49. The number of nitrogens with one attached hydrogen (secondary N) is 2. The number of carbonyl (C=O) groups is 1. The fraction of sp³-hybridized carbons (Fsp3) is 0.133. The van der Waals surface area contributed by atoms with Crippen LogP contribution in [0.15, 0.2) is 41.3 Å². The third kappa shape index (κ3) is 2.69. The SMILES string of the molecule is COc1nccn2c(CNC(=O)c3cc(-c4ccco4)[nH]n3)nnc12. The summed E-state index contributed by atoms with van der Waals surface area (Å²) in [6, 6.07) is 5.15. The van der Waals surface area contributed by atoms with Gasteiger partial charge in [-0.25, -0.2) is 4.98 Å². The van der Waals surface area contributed by atoms with Gasteiger partial charge in [-0.1, -0.05) is 0 Å². The monoisotopic (exact) mass is 339 g/mol. The van der Waals surface area contributed by atoms with Crippen molar-refractivity contribution in [3.63, 3.8) is 0 Å². The van der Waals surface area contributed by atoms with E-state index in [4.69, 9.17) is 9.15 Å². The Morgan fingerprint density at radius 3 is 3.16 bits per heavy atom. The molecular weight excluding hydrogens is 326 g/mol. The quantitative estimate of drug-likeness (QED) is 0.557. The molecule has 10 heteroatoms. The molecule has 2 N–H and O–H groups in total. The molecule has 1 amide bonds. The molecule has 0 aliphatic carbocycles. The van der Waals surface area contributed by atoms with E-state index in [2.05, 4.69) is 30.7 Å². The van der Waals surface area contributed by atoms with E-state index >= 15 is 0 Å². The average molecular weight is 339 g/mol. The van der Waals surface area contributed by atoms with Gasteiger partial charge in [0.05, 0.1) is 19.9 Å². The average Bonchev–Trinajstić information content (AvgIpc) is 3.39. The molecule has 4 rings (SSSR count). The zero-order valence-electron chi connectivity index (χ0n) is 13.1. The molecule has 0 aliphatic rings. The third-order valence-corrected chi connectivity index (χ3v) is 3.56. The van der Waals surface area contributed by atoms with Gasteiger partial charge < -0.3 is 14.5 Å². The third-order valence-electron chi connectivity index (χ3n) is 3.56. The highest BCUT2D eigenvalue weighted by Gasteiger charge is 2.15. The number of aromatic amines is 1. The summed E-state index contributed by atoms with van der Waals surface area (Å²) < 4.78 is 12.1. The minimum Gasteiger partial charge on any atom is -0.478 e. The fourth-order valence-corrected chi connectivity index (χ4v) is 2.36. The van der Waals surface area contributed by atoms with Gasteiger partial charge in [0.2, 0.25) is 5.65 Å². The highest BCUT2D eigenvalue weighted by molar-refractivity contribution is 5.93. The largest absolute Gasteiger partial charge is 0.478 e. The van der Waals surface area contributed by atoms with Gasteiger partial charge >= 0.3 is 0 Å². The Hall–Kier alpha value is -3.69. The topological polar surface area (TPSA) is 123 Å². The zero-order chi connectivity index (χ0) is 17.2. The van der Waals surface area contributed by atoms with Gasteiger partial charge in [0, 0.05) is 18.5 Å². The Labute approximate surface area is 140 Å². The van der Waals surface area contributed by atoms with Crippen molar-refractivity contribution >= 4 is 11.6 Å². The molecule has 0 fully saturated rings. The Bertz CT molecular complexity index is 1020. The Morgan fingerprint density at radius 2 is 2.36 bits per heavy atom. The van der Waals surface area contributed by atoms with E-state index in [9.17, 15) is 4.79 Å². The van der Waals surface area contributed by atoms with Gasteiger partial charge in [0.15, 0.2) is 17.3 Å². The van der Waals surface area contributed by atoms with E-state index < -0.39 is 0 Å². The van der Waals surface area contributed by atoms with Crippen LogP contribution in [0.3, 0.4) is 0 Å². The molecule has 0 bridgehead atoms. The minimum atomic E-state index is -0.341. The number of carbonyl (C=O) groups excluding carboxylic acids is 1. The summed E-state index contributed by atoms with van der Waals surface area (Å²) in [6.07, 6.45) is 4.82. The second-order valence-electron chi connectivity index (χ2n) is 5.07. The molecule has 126 valence electrons. The van der Waals surface area contributed by atoms with Crippen LogP contribution in [-0.2, 0) is 6.54 Å².